The van der Waals surface area contributed by atoms with Crippen molar-refractivity contribution in [2.24, 2.45) is 5.41 Å². The van der Waals surface area contributed by atoms with Crippen LogP contribution in [0.4, 0.5) is 0 Å². The van der Waals surface area contributed by atoms with Crippen LogP contribution in [0.15, 0.2) is 30.3 Å². The quantitative estimate of drug-likeness (QED) is 0.728. The predicted octanol–water partition coefficient (Wildman–Crippen LogP) is 3.01. The molecule has 0 spiro atoms. The van der Waals surface area contributed by atoms with Crippen LogP contribution in [-0.2, 0) is 6.42 Å². The molecular weight excluding hydrogens is 222 g/mol. The molecule has 102 valence electrons. The lowest BCUT2D eigenvalue weighted by Gasteiger charge is -2.22. The van der Waals surface area contributed by atoms with E-state index >= 15 is 0 Å². The molecule has 0 aliphatic heterocycles. The number of aliphatic hydroxyl groups is 1. The number of hydrogen-bond acceptors (Lipinski definition) is 2. The molecule has 0 fully saturated rings. The van der Waals surface area contributed by atoms with Crippen LogP contribution in [0.5, 0.6) is 0 Å². The summed E-state index contributed by atoms with van der Waals surface area (Å²) >= 11 is 0. The monoisotopic (exact) mass is 249 g/mol. The van der Waals surface area contributed by atoms with E-state index < -0.39 is 0 Å². The first-order valence-corrected chi connectivity index (χ1v) is 6.90. The second-order valence-corrected chi connectivity index (χ2v) is 6.21. The molecule has 2 heteroatoms. The summed E-state index contributed by atoms with van der Waals surface area (Å²) in [7, 11) is 0. The number of hydrogen-bond donors (Lipinski definition) is 2. The van der Waals surface area contributed by atoms with E-state index in [1.54, 1.807) is 0 Å². The van der Waals surface area contributed by atoms with Crippen LogP contribution in [0.3, 0.4) is 0 Å². The van der Waals surface area contributed by atoms with Crippen molar-refractivity contribution in [2.45, 2.75) is 46.1 Å². The molecule has 0 aliphatic carbocycles. The van der Waals surface area contributed by atoms with Gasteiger partial charge in [-0.25, -0.2) is 0 Å². The average molecular weight is 249 g/mol. The molecule has 1 unspecified atom stereocenters. The topological polar surface area (TPSA) is 32.3 Å². The van der Waals surface area contributed by atoms with E-state index in [0.717, 1.165) is 25.8 Å². The molecule has 0 aromatic heterocycles. The number of aliphatic hydroxyl groups excluding tert-OH is 1. The molecule has 18 heavy (non-hydrogen) atoms. The maximum absolute atomic E-state index is 9.84. The van der Waals surface area contributed by atoms with Crippen molar-refractivity contribution in [1.29, 1.82) is 0 Å². The van der Waals surface area contributed by atoms with E-state index in [1.165, 1.54) is 5.56 Å². The zero-order valence-electron chi connectivity index (χ0n) is 11.9. The molecule has 0 saturated heterocycles. The fraction of sp³-hybridized carbons (Fsp3) is 0.625. The Morgan fingerprint density at radius 2 is 1.83 bits per heavy atom. The van der Waals surface area contributed by atoms with Crippen molar-refractivity contribution in [3.63, 3.8) is 0 Å². The Balaban J connectivity index is 2.05. The van der Waals surface area contributed by atoms with Gasteiger partial charge >= 0.3 is 0 Å². The third kappa shape index (κ3) is 7.46. The lowest BCUT2D eigenvalue weighted by Crippen LogP contribution is -2.30. The SMILES string of the molecule is CC(C)(C)CC(O)CNCCCc1ccccc1. The molecule has 0 aliphatic rings. The van der Waals surface area contributed by atoms with Gasteiger partial charge in [-0.05, 0) is 36.8 Å². The van der Waals surface area contributed by atoms with Crippen LogP contribution < -0.4 is 5.32 Å². The molecule has 1 atom stereocenters. The Bertz CT molecular complexity index is 316. The molecule has 0 saturated carbocycles. The molecule has 2 nitrogen and oxygen atoms in total. The van der Waals surface area contributed by atoms with Crippen molar-refractivity contribution in [3.8, 4) is 0 Å². The highest BCUT2D eigenvalue weighted by Crippen LogP contribution is 2.20. The van der Waals surface area contributed by atoms with E-state index in [9.17, 15) is 5.11 Å². The Morgan fingerprint density at radius 3 is 2.44 bits per heavy atom. The van der Waals surface area contributed by atoms with Gasteiger partial charge in [0.05, 0.1) is 6.10 Å². The smallest absolute Gasteiger partial charge is 0.0669 e. The second-order valence-electron chi connectivity index (χ2n) is 6.21. The molecule has 0 bridgehead atoms. The Morgan fingerprint density at radius 1 is 1.17 bits per heavy atom. The molecule has 0 amide bonds. The Hall–Kier alpha value is -0.860. The van der Waals surface area contributed by atoms with Crippen molar-refractivity contribution in [3.05, 3.63) is 35.9 Å². The van der Waals surface area contributed by atoms with E-state index in [1.807, 2.05) is 6.07 Å². The summed E-state index contributed by atoms with van der Waals surface area (Å²) < 4.78 is 0. The average Bonchev–Trinajstić information content (AvgIpc) is 2.27. The highest BCUT2D eigenvalue weighted by atomic mass is 16.3. The molecule has 0 radical (unpaired) electrons. The van der Waals surface area contributed by atoms with Crippen molar-refractivity contribution in [1.82, 2.24) is 5.32 Å². The minimum absolute atomic E-state index is 0.200. The van der Waals surface area contributed by atoms with Gasteiger partial charge in [0.2, 0.25) is 0 Å². The summed E-state index contributed by atoms with van der Waals surface area (Å²) in [5.74, 6) is 0. The lowest BCUT2D eigenvalue weighted by atomic mass is 9.89. The standard InChI is InChI=1S/C16H27NO/c1-16(2,3)12-15(18)13-17-11-7-10-14-8-5-4-6-9-14/h4-6,8-9,15,17-18H,7,10-13H2,1-3H3. The first kappa shape index (κ1) is 15.2. The summed E-state index contributed by atoms with van der Waals surface area (Å²) in [4.78, 5) is 0. The second kappa shape index (κ2) is 7.55. The molecule has 0 heterocycles. The maximum atomic E-state index is 9.84. The minimum Gasteiger partial charge on any atom is -0.392 e. The van der Waals surface area contributed by atoms with Gasteiger partial charge in [0.15, 0.2) is 0 Å². The largest absolute Gasteiger partial charge is 0.392 e. The number of aryl methyl sites for hydroxylation is 1. The predicted molar refractivity (Wildman–Crippen MR) is 77.7 cm³/mol. The van der Waals surface area contributed by atoms with Gasteiger partial charge < -0.3 is 10.4 Å². The van der Waals surface area contributed by atoms with Crippen LogP contribution in [0.2, 0.25) is 0 Å². The van der Waals surface area contributed by atoms with Gasteiger partial charge in [-0.1, -0.05) is 51.1 Å². The minimum atomic E-state index is -0.235. The van der Waals surface area contributed by atoms with Gasteiger partial charge in [0.25, 0.3) is 0 Å². The zero-order valence-corrected chi connectivity index (χ0v) is 11.9. The van der Waals surface area contributed by atoms with Crippen LogP contribution in [0.1, 0.15) is 39.2 Å². The summed E-state index contributed by atoms with van der Waals surface area (Å²) in [5, 5.41) is 13.2. The summed E-state index contributed by atoms with van der Waals surface area (Å²) in [5.41, 5.74) is 1.58. The zero-order chi connectivity index (χ0) is 13.4. The first-order chi connectivity index (χ1) is 8.47. The molecule has 2 N–H and O–H groups in total. The molecule has 1 aromatic carbocycles. The van der Waals surface area contributed by atoms with Gasteiger partial charge in [-0.15, -0.1) is 0 Å². The molecular formula is C16H27NO. The van der Waals surface area contributed by atoms with Crippen LogP contribution in [0, 0.1) is 5.41 Å². The lowest BCUT2D eigenvalue weighted by molar-refractivity contribution is 0.120. The Labute approximate surface area is 111 Å². The van der Waals surface area contributed by atoms with Gasteiger partial charge in [-0.2, -0.15) is 0 Å². The van der Waals surface area contributed by atoms with E-state index in [-0.39, 0.29) is 11.5 Å². The number of nitrogens with one attached hydrogen (secondary N) is 1. The number of benzene rings is 1. The number of rotatable bonds is 7. The van der Waals surface area contributed by atoms with Gasteiger partial charge in [0.1, 0.15) is 0 Å². The maximum Gasteiger partial charge on any atom is 0.0669 e. The van der Waals surface area contributed by atoms with Gasteiger partial charge in [0, 0.05) is 6.54 Å². The highest BCUT2D eigenvalue weighted by Gasteiger charge is 2.15. The van der Waals surface area contributed by atoms with Gasteiger partial charge in [-0.3, -0.25) is 0 Å². The molecule has 1 rings (SSSR count). The fourth-order valence-corrected chi connectivity index (χ4v) is 2.11. The summed E-state index contributed by atoms with van der Waals surface area (Å²) in [6.45, 7) is 8.14. The highest BCUT2D eigenvalue weighted by molar-refractivity contribution is 5.14. The third-order valence-corrected chi connectivity index (χ3v) is 2.89. The Kier molecular flexibility index (Phi) is 6.37. The summed E-state index contributed by atoms with van der Waals surface area (Å²) in [6.07, 6.45) is 2.83. The fourth-order valence-electron chi connectivity index (χ4n) is 2.11. The van der Waals surface area contributed by atoms with E-state index in [0.29, 0.717) is 6.54 Å². The van der Waals surface area contributed by atoms with Crippen LogP contribution in [0.25, 0.3) is 0 Å². The van der Waals surface area contributed by atoms with Crippen molar-refractivity contribution >= 4 is 0 Å². The van der Waals surface area contributed by atoms with Crippen LogP contribution in [-0.4, -0.2) is 24.3 Å². The third-order valence-electron chi connectivity index (χ3n) is 2.89. The molecule has 1 aromatic rings. The van der Waals surface area contributed by atoms with Crippen molar-refractivity contribution in [2.75, 3.05) is 13.1 Å². The van der Waals surface area contributed by atoms with Crippen molar-refractivity contribution < 1.29 is 5.11 Å². The van der Waals surface area contributed by atoms with E-state index in [4.69, 9.17) is 0 Å². The van der Waals surface area contributed by atoms with Crippen LogP contribution >= 0.6 is 0 Å². The normalized spacial score (nSPS) is 13.6. The first-order valence-electron chi connectivity index (χ1n) is 6.90. The summed E-state index contributed by atoms with van der Waals surface area (Å²) in [6, 6.07) is 10.5. The van der Waals surface area contributed by atoms with E-state index in [2.05, 4.69) is 50.4 Å².